The summed E-state index contributed by atoms with van der Waals surface area (Å²) in [5.41, 5.74) is 2.14. The van der Waals surface area contributed by atoms with Crippen molar-refractivity contribution in [3.63, 3.8) is 0 Å². The van der Waals surface area contributed by atoms with Crippen LogP contribution in [0, 0.1) is 18.3 Å². The second-order valence-corrected chi connectivity index (χ2v) is 5.88. The second-order valence-electron chi connectivity index (χ2n) is 3.91. The lowest BCUT2D eigenvalue weighted by atomic mass is 10.1. The monoisotopic (exact) mass is 373 g/mol. The molecule has 0 unspecified atom stereocenters. The number of hydrogen-bond acceptors (Lipinski definition) is 7. The number of anilines is 1. The van der Waals surface area contributed by atoms with Crippen molar-refractivity contribution < 1.29 is 4.79 Å². The number of nitrogens with zero attached hydrogens (tertiary/aromatic N) is 4. The molecule has 1 aromatic carbocycles. The largest absolute Gasteiger partial charge is 0.286 e. The quantitative estimate of drug-likeness (QED) is 0.378. The van der Waals surface area contributed by atoms with Crippen molar-refractivity contribution in [1.82, 2.24) is 9.36 Å². The van der Waals surface area contributed by atoms with E-state index in [-0.39, 0.29) is 20.6 Å². The van der Waals surface area contributed by atoms with E-state index >= 15 is 0 Å². The highest BCUT2D eigenvalue weighted by Gasteiger charge is 2.19. The standard InChI is InChI=1S/C12H6Cl3N5OS/c1-5-17-12(22-20-5)19-18-10(4-16)11(21)6-2-8(14)9(15)3-7(6)13/h2-3H,1H3,(H,17,19,20)/b18-10+. The minimum Gasteiger partial charge on any atom is -0.286 e. The van der Waals surface area contributed by atoms with Crippen molar-refractivity contribution in [3.8, 4) is 6.07 Å². The van der Waals surface area contributed by atoms with Gasteiger partial charge in [-0.25, -0.2) is 10.4 Å². The minimum atomic E-state index is -0.681. The lowest BCUT2D eigenvalue weighted by molar-refractivity contribution is 0.106. The van der Waals surface area contributed by atoms with E-state index in [2.05, 4.69) is 19.9 Å². The van der Waals surface area contributed by atoms with E-state index in [1.54, 1.807) is 13.0 Å². The highest BCUT2D eigenvalue weighted by molar-refractivity contribution is 7.09. The molecule has 0 saturated heterocycles. The molecular formula is C12H6Cl3N5OS. The molecule has 22 heavy (non-hydrogen) atoms. The molecule has 0 atom stereocenters. The lowest BCUT2D eigenvalue weighted by Crippen LogP contribution is -2.15. The molecule has 0 bridgehead atoms. The Balaban J connectivity index is 2.29. The van der Waals surface area contributed by atoms with Crippen LogP contribution in [0.2, 0.25) is 15.1 Å². The summed E-state index contributed by atoms with van der Waals surface area (Å²) in [6, 6.07) is 4.32. The summed E-state index contributed by atoms with van der Waals surface area (Å²) in [6.45, 7) is 1.71. The van der Waals surface area contributed by atoms with E-state index in [0.717, 1.165) is 11.5 Å². The number of benzene rings is 1. The summed E-state index contributed by atoms with van der Waals surface area (Å²) in [7, 11) is 0. The zero-order chi connectivity index (χ0) is 16.3. The van der Waals surface area contributed by atoms with Gasteiger partial charge >= 0.3 is 0 Å². The molecule has 1 aromatic heterocycles. The van der Waals surface area contributed by atoms with Crippen LogP contribution in [0.5, 0.6) is 0 Å². The van der Waals surface area contributed by atoms with Crippen LogP contribution >= 0.6 is 46.3 Å². The summed E-state index contributed by atoms with van der Waals surface area (Å²) < 4.78 is 3.94. The number of nitriles is 1. The van der Waals surface area contributed by atoms with Gasteiger partial charge in [0.05, 0.1) is 15.1 Å². The molecule has 1 N–H and O–H groups in total. The fourth-order valence-electron chi connectivity index (χ4n) is 1.40. The Labute approximate surface area is 144 Å². The Hall–Kier alpha value is -1.72. The first-order valence-electron chi connectivity index (χ1n) is 5.65. The van der Waals surface area contributed by atoms with Crippen LogP contribution in [0.1, 0.15) is 16.2 Å². The number of aromatic nitrogens is 2. The SMILES string of the molecule is Cc1nsc(N/N=C(\C#N)C(=O)c2cc(Cl)c(Cl)cc2Cl)n1. The minimum absolute atomic E-state index is 0.0339. The van der Waals surface area contributed by atoms with Crippen molar-refractivity contribution in [3.05, 3.63) is 38.6 Å². The molecule has 1 heterocycles. The summed E-state index contributed by atoms with van der Waals surface area (Å²) in [5, 5.41) is 13.6. The second kappa shape index (κ2) is 7.03. The smallest absolute Gasteiger partial charge is 0.225 e. The molecule has 0 aliphatic rings. The number of hydrazone groups is 1. The van der Waals surface area contributed by atoms with Crippen molar-refractivity contribution in [1.29, 1.82) is 5.26 Å². The number of nitrogens with one attached hydrogen (secondary N) is 1. The van der Waals surface area contributed by atoms with Crippen LogP contribution in [-0.2, 0) is 0 Å². The molecular weight excluding hydrogens is 369 g/mol. The number of carbonyl (C=O) groups is 1. The van der Waals surface area contributed by atoms with Gasteiger partial charge in [0, 0.05) is 17.1 Å². The van der Waals surface area contributed by atoms with Crippen LogP contribution in [0.4, 0.5) is 5.13 Å². The third-order valence-corrected chi connectivity index (χ3v) is 4.11. The molecule has 6 nitrogen and oxygen atoms in total. The van der Waals surface area contributed by atoms with E-state index in [1.165, 1.54) is 12.1 Å². The third-order valence-electron chi connectivity index (χ3n) is 2.37. The molecule has 2 aromatic rings. The molecule has 10 heteroatoms. The van der Waals surface area contributed by atoms with Gasteiger partial charge in [0.25, 0.3) is 0 Å². The fraction of sp³-hybridized carbons (Fsp3) is 0.0833. The van der Waals surface area contributed by atoms with Crippen LogP contribution < -0.4 is 5.43 Å². The summed E-state index contributed by atoms with van der Waals surface area (Å²) >= 11 is 18.7. The average Bonchev–Trinajstić information content (AvgIpc) is 2.89. The number of rotatable bonds is 4. The first-order chi connectivity index (χ1) is 10.4. The summed E-state index contributed by atoms with van der Waals surface area (Å²) in [6.07, 6.45) is 0. The van der Waals surface area contributed by atoms with Gasteiger partial charge in [-0.05, 0) is 19.1 Å². The van der Waals surface area contributed by atoms with Crippen LogP contribution in [0.15, 0.2) is 17.2 Å². The average molecular weight is 375 g/mol. The van der Waals surface area contributed by atoms with Crippen LogP contribution in [0.25, 0.3) is 0 Å². The van der Waals surface area contributed by atoms with Crippen molar-refractivity contribution in [2.75, 3.05) is 5.43 Å². The molecule has 2 rings (SSSR count). The maximum atomic E-state index is 12.3. The van der Waals surface area contributed by atoms with Gasteiger partial charge in [-0.15, -0.1) is 0 Å². The predicted molar refractivity (Wildman–Crippen MR) is 87.1 cm³/mol. The fourth-order valence-corrected chi connectivity index (χ4v) is 2.55. The molecule has 0 radical (unpaired) electrons. The van der Waals surface area contributed by atoms with Gasteiger partial charge in [0.2, 0.25) is 16.6 Å². The molecule has 0 spiro atoms. The van der Waals surface area contributed by atoms with E-state index < -0.39 is 11.5 Å². The molecule has 112 valence electrons. The van der Waals surface area contributed by atoms with Gasteiger partial charge in [-0.1, -0.05) is 34.8 Å². The zero-order valence-corrected chi connectivity index (χ0v) is 14.0. The van der Waals surface area contributed by atoms with E-state index in [0.29, 0.717) is 11.0 Å². The Bertz CT molecular complexity index is 812. The van der Waals surface area contributed by atoms with Gasteiger partial charge in [-0.3, -0.25) is 4.79 Å². The van der Waals surface area contributed by atoms with Crippen molar-refractivity contribution in [2.45, 2.75) is 6.92 Å². The highest BCUT2D eigenvalue weighted by atomic mass is 35.5. The topological polar surface area (TPSA) is 91.0 Å². The maximum Gasteiger partial charge on any atom is 0.225 e. The molecule has 0 saturated carbocycles. The molecule has 0 amide bonds. The lowest BCUT2D eigenvalue weighted by Gasteiger charge is -2.04. The zero-order valence-electron chi connectivity index (χ0n) is 10.9. The van der Waals surface area contributed by atoms with Crippen molar-refractivity contribution >= 4 is 63.0 Å². The highest BCUT2D eigenvalue weighted by Crippen LogP contribution is 2.29. The maximum absolute atomic E-state index is 12.3. The first-order valence-corrected chi connectivity index (χ1v) is 7.56. The van der Waals surface area contributed by atoms with Crippen LogP contribution in [0.3, 0.4) is 0 Å². The van der Waals surface area contributed by atoms with E-state index in [9.17, 15) is 4.79 Å². The number of carbonyl (C=O) groups excluding carboxylic acids is 1. The van der Waals surface area contributed by atoms with E-state index in [4.69, 9.17) is 40.1 Å². The molecule has 0 aliphatic carbocycles. The summed E-state index contributed by atoms with van der Waals surface area (Å²) in [4.78, 5) is 16.3. The summed E-state index contributed by atoms with van der Waals surface area (Å²) in [5.74, 6) is -0.125. The van der Waals surface area contributed by atoms with Gasteiger partial charge in [0.15, 0.2) is 0 Å². The first kappa shape index (κ1) is 16.6. The molecule has 0 aliphatic heterocycles. The Morgan fingerprint density at radius 2 is 2.00 bits per heavy atom. The number of aryl methyl sites for hydroxylation is 1. The third kappa shape index (κ3) is 3.72. The number of Topliss-reactive ketones (excluding diaryl/α,β-unsaturated/α-hetero) is 1. The number of hydrogen-bond donors (Lipinski definition) is 1. The molecule has 0 fully saturated rings. The van der Waals surface area contributed by atoms with Crippen molar-refractivity contribution in [2.24, 2.45) is 5.10 Å². The number of ketones is 1. The Kier molecular flexibility index (Phi) is 5.32. The predicted octanol–water partition coefficient (Wildman–Crippen LogP) is 3.98. The van der Waals surface area contributed by atoms with Crippen LogP contribution in [-0.4, -0.2) is 20.9 Å². The Morgan fingerprint density at radius 1 is 1.32 bits per heavy atom. The normalized spacial score (nSPS) is 11.1. The van der Waals surface area contributed by atoms with E-state index in [1.807, 2.05) is 0 Å². The van der Waals surface area contributed by atoms with Gasteiger partial charge in [0.1, 0.15) is 11.9 Å². The Morgan fingerprint density at radius 3 is 2.59 bits per heavy atom. The van der Waals surface area contributed by atoms with Gasteiger partial charge in [-0.2, -0.15) is 14.7 Å². The number of halogens is 3. The van der Waals surface area contributed by atoms with Gasteiger partial charge < -0.3 is 0 Å².